The van der Waals surface area contributed by atoms with Crippen LogP contribution in [0.25, 0.3) is 0 Å². The molecule has 0 aromatic carbocycles. The van der Waals surface area contributed by atoms with Crippen LogP contribution in [-0.2, 0) is 0 Å². The van der Waals surface area contributed by atoms with E-state index in [1.54, 1.807) is 0 Å². The molecule has 2 heteroatoms. The van der Waals surface area contributed by atoms with E-state index in [-0.39, 0.29) is 0 Å². The van der Waals surface area contributed by atoms with Crippen molar-refractivity contribution in [3.63, 3.8) is 0 Å². The number of terminal acetylenes is 1. The molecule has 1 fully saturated rings. The molecule has 1 aliphatic rings. The lowest BCUT2D eigenvalue weighted by Gasteiger charge is -2.48. The largest absolute Gasteiger partial charge is 0.308 e. The number of nitrogens with one attached hydrogen (secondary N) is 1. The number of rotatable bonds is 5. The summed E-state index contributed by atoms with van der Waals surface area (Å²) in [6.45, 7) is 12.5. The second-order valence-electron chi connectivity index (χ2n) is 5.60. The zero-order chi connectivity index (χ0) is 12.9. The predicted molar refractivity (Wildman–Crippen MR) is 75.0 cm³/mol. The van der Waals surface area contributed by atoms with E-state index in [1.165, 1.54) is 12.8 Å². The van der Waals surface area contributed by atoms with Crippen molar-refractivity contribution in [3.05, 3.63) is 0 Å². The van der Waals surface area contributed by atoms with Crippen LogP contribution in [0.2, 0.25) is 0 Å². The molecule has 0 bridgehead atoms. The van der Waals surface area contributed by atoms with Gasteiger partial charge in [0.05, 0.1) is 0 Å². The molecule has 0 amide bonds. The third-order valence-corrected chi connectivity index (χ3v) is 4.33. The van der Waals surface area contributed by atoms with Crippen LogP contribution in [0, 0.1) is 18.3 Å². The fourth-order valence-corrected chi connectivity index (χ4v) is 2.85. The van der Waals surface area contributed by atoms with Crippen LogP contribution in [0.15, 0.2) is 0 Å². The summed E-state index contributed by atoms with van der Waals surface area (Å²) in [5, 5.41) is 3.78. The Morgan fingerprint density at radius 1 is 1.41 bits per heavy atom. The molecule has 1 rings (SSSR count). The van der Waals surface area contributed by atoms with Crippen molar-refractivity contribution in [1.82, 2.24) is 10.2 Å². The van der Waals surface area contributed by atoms with Crippen molar-refractivity contribution in [3.8, 4) is 12.3 Å². The molecule has 1 N–H and O–H groups in total. The molecular weight excluding hydrogens is 208 g/mol. The molecule has 0 aliphatic carbocycles. The molecular formula is C15H28N2. The van der Waals surface area contributed by atoms with Gasteiger partial charge in [-0.2, -0.15) is 0 Å². The molecule has 1 heterocycles. The molecule has 0 aromatic rings. The summed E-state index contributed by atoms with van der Waals surface area (Å²) in [5.74, 6) is 3.46. The summed E-state index contributed by atoms with van der Waals surface area (Å²) in [7, 11) is 0. The smallest absolute Gasteiger partial charge is 0.0304 e. The third-order valence-electron chi connectivity index (χ3n) is 4.33. The highest BCUT2D eigenvalue weighted by atomic mass is 15.3. The predicted octanol–water partition coefficient (Wildman–Crippen LogP) is 2.50. The quantitative estimate of drug-likeness (QED) is 0.738. The Bertz CT molecular complexity index is 261. The maximum Gasteiger partial charge on any atom is 0.0304 e. The van der Waals surface area contributed by atoms with Crippen LogP contribution in [0.3, 0.4) is 0 Å². The van der Waals surface area contributed by atoms with Crippen LogP contribution >= 0.6 is 0 Å². The molecule has 2 nitrogen and oxygen atoms in total. The Hall–Kier alpha value is -0.520. The minimum Gasteiger partial charge on any atom is -0.308 e. The standard InChI is InChI=1S/C15H28N2/c1-6-9-10-17-12-15(7-2,8-3)16-11-14(17)13(4)5/h1,13-14,16H,7-12H2,2-5H3. The molecule has 1 saturated heterocycles. The number of piperazine rings is 1. The van der Waals surface area contributed by atoms with Gasteiger partial charge in [-0.3, -0.25) is 4.90 Å². The molecule has 0 spiro atoms. The van der Waals surface area contributed by atoms with Gasteiger partial charge in [-0.15, -0.1) is 12.3 Å². The number of hydrogen-bond donors (Lipinski definition) is 1. The van der Waals surface area contributed by atoms with Crippen molar-refractivity contribution < 1.29 is 0 Å². The lowest BCUT2D eigenvalue weighted by molar-refractivity contribution is 0.0523. The van der Waals surface area contributed by atoms with Gasteiger partial charge in [0.1, 0.15) is 0 Å². The Balaban J connectivity index is 2.72. The zero-order valence-electron chi connectivity index (χ0n) is 11.9. The lowest BCUT2D eigenvalue weighted by Crippen LogP contribution is -2.65. The van der Waals surface area contributed by atoms with E-state index < -0.39 is 0 Å². The Kier molecular flexibility index (Phi) is 5.49. The summed E-state index contributed by atoms with van der Waals surface area (Å²) in [6, 6.07) is 0.634. The molecule has 98 valence electrons. The summed E-state index contributed by atoms with van der Waals surface area (Å²) in [5.41, 5.74) is 0.306. The lowest BCUT2D eigenvalue weighted by atomic mass is 9.86. The van der Waals surface area contributed by atoms with Crippen molar-refractivity contribution in [2.45, 2.75) is 58.5 Å². The van der Waals surface area contributed by atoms with Gasteiger partial charge in [0.2, 0.25) is 0 Å². The van der Waals surface area contributed by atoms with Gasteiger partial charge in [-0.05, 0) is 18.8 Å². The fourth-order valence-electron chi connectivity index (χ4n) is 2.85. The van der Waals surface area contributed by atoms with Crippen molar-refractivity contribution in [2.24, 2.45) is 5.92 Å². The average molecular weight is 236 g/mol. The maximum atomic E-state index is 5.41. The van der Waals surface area contributed by atoms with E-state index in [0.29, 0.717) is 17.5 Å². The van der Waals surface area contributed by atoms with E-state index in [0.717, 1.165) is 26.1 Å². The second kappa shape index (κ2) is 6.42. The van der Waals surface area contributed by atoms with Crippen LogP contribution < -0.4 is 5.32 Å². The first-order chi connectivity index (χ1) is 8.08. The highest BCUT2D eigenvalue weighted by molar-refractivity contribution is 4.98. The van der Waals surface area contributed by atoms with Gasteiger partial charge in [-0.25, -0.2) is 0 Å². The second-order valence-corrected chi connectivity index (χ2v) is 5.60. The molecule has 0 saturated carbocycles. The first-order valence-corrected chi connectivity index (χ1v) is 7.01. The molecule has 0 aromatic heterocycles. The summed E-state index contributed by atoms with van der Waals surface area (Å²) < 4.78 is 0. The van der Waals surface area contributed by atoms with Crippen LogP contribution in [0.1, 0.15) is 47.0 Å². The normalized spacial score (nSPS) is 24.8. The summed E-state index contributed by atoms with van der Waals surface area (Å²) in [4.78, 5) is 2.61. The van der Waals surface area contributed by atoms with E-state index >= 15 is 0 Å². The first-order valence-electron chi connectivity index (χ1n) is 7.01. The fraction of sp³-hybridized carbons (Fsp3) is 0.867. The molecule has 1 aliphatic heterocycles. The zero-order valence-corrected chi connectivity index (χ0v) is 11.9. The summed E-state index contributed by atoms with van der Waals surface area (Å²) >= 11 is 0. The Morgan fingerprint density at radius 2 is 2.06 bits per heavy atom. The first kappa shape index (κ1) is 14.5. The van der Waals surface area contributed by atoms with E-state index in [4.69, 9.17) is 6.42 Å². The van der Waals surface area contributed by atoms with Gasteiger partial charge in [-0.1, -0.05) is 27.7 Å². The van der Waals surface area contributed by atoms with Crippen LogP contribution in [0.5, 0.6) is 0 Å². The maximum absolute atomic E-state index is 5.41. The number of hydrogen-bond acceptors (Lipinski definition) is 2. The Labute approximate surface area is 107 Å². The summed E-state index contributed by atoms with van der Waals surface area (Å²) in [6.07, 6.45) is 8.67. The van der Waals surface area contributed by atoms with Crippen molar-refractivity contribution in [1.29, 1.82) is 0 Å². The van der Waals surface area contributed by atoms with Gasteiger partial charge < -0.3 is 5.32 Å². The highest BCUT2D eigenvalue weighted by Gasteiger charge is 2.37. The molecule has 0 radical (unpaired) electrons. The topological polar surface area (TPSA) is 15.3 Å². The van der Waals surface area contributed by atoms with E-state index in [2.05, 4.69) is 43.8 Å². The average Bonchev–Trinajstić information content (AvgIpc) is 2.35. The SMILES string of the molecule is C#CCCN1CC(CC)(CC)NCC1C(C)C. The Morgan fingerprint density at radius 3 is 2.53 bits per heavy atom. The minimum atomic E-state index is 0.306. The van der Waals surface area contributed by atoms with E-state index in [1.807, 2.05) is 0 Å². The van der Waals surface area contributed by atoms with Crippen molar-refractivity contribution >= 4 is 0 Å². The van der Waals surface area contributed by atoms with Crippen molar-refractivity contribution in [2.75, 3.05) is 19.6 Å². The van der Waals surface area contributed by atoms with Gasteiger partial charge >= 0.3 is 0 Å². The molecule has 1 unspecified atom stereocenters. The van der Waals surface area contributed by atoms with Crippen LogP contribution in [-0.4, -0.2) is 36.1 Å². The highest BCUT2D eigenvalue weighted by Crippen LogP contribution is 2.25. The minimum absolute atomic E-state index is 0.306. The molecule has 1 atom stereocenters. The number of nitrogens with zero attached hydrogens (tertiary/aromatic N) is 1. The van der Waals surface area contributed by atoms with Gasteiger partial charge in [0.25, 0.3) is 0 Å². The molecule has 17 heavy (non-hydrogen) atoms. The monoisotopic (exact) mass is 236 g/mol. The van der Waals surface area contributed by atoms with Crippen LogP contribution in [0.4, 0.5) is 0 Å². The third kappa shape index (κ3) is 3.47. The van der Waals surface area contributed by atoms with Gasteiger partial charge in [0.15, 0.2) is 0 Å². The van der Waals surface area contributed by atoms with Gasteiger partial charge in [0, 0.05) is 37.6 Å². The van der Waals surface area contributed by atoms with E-state index in [9.17, 15) is 0 Å².